The fourth-order valence-electron chi connectivity index (χ4n) is 1.28. The van der Waals surface area contributed by atoms with Crippen LogP contribution in [0.1, 0.15) is 10.6 Å². The van der Waals surface area contributed by atoms with Gasteiger partial charge in [-0.3, -0.25) is 0 Å². The number of esters is 1. The molecule has 0 bridgehead atoms. The standard InChI is InChI=1S/C10H6BrClO3/c1-14-10(13)8-3-5-2-6(12)4-7(11)9(5)15-8/h2-4H,1H3. The number of methoxy groups -OCH3 is 1. The van der Waals surface area contributed by atoms with E-state index in [-0.39, 0.29) is 5.76 Å². The van der Waals surface area contributed by atoms with Gasteiger partial charge in [-0.15, -0.1) is 0 Å². The third-order valence-electron chi connectivity index (χ3n) is 1.92. The molecule has 78 valence electrons. The van der Waals surface area contributed by atoms with E-state index in [0.29, 0.717) is 15.1 Å². The summed E-state index contributed by atoms with van der Waals surface area (Å²) in [6.07, 6.45) is 0. The van der Waals surface area contributed by atoms with Crippen LogP contribution in [0.5, 0.6) is 0 Å². The summed E-state index contributed by atoms with van der Waals surface area (Å²) in [6, 6.07) is 5.02. The lowest BCUT2D eigenvalue weighted by Crippen LogP contribution is -1.97. The Labute approximate surface area is 99.1 Å². The maximum absolute atomic E-state index is 11.2. The van der Waals surface area contributed by atoms with Crippen molar-refractivity contribution in [1.82, 2.24) is 0 Å². The Morgan fingerprint density at radius 1 is 1.47 bits per heavy atom. The molecule has 0 spiro atoms. The third-order valence-corrected chi connectivity index (χ3v) is 2.73. The monoisotopic (exact) mass is 288 g/mol. The van der Waals surface area contributed by atoms with Crippen molar-refractivity contribution >= 4 is 44.5 Å². The zero-order chi connectivity index (χ0) is 11.0. The minimum atomic E-state index is -0.505. The van der Waals surface area contributed by atoms with Crippen LogP contribution in [0.2, 0.25) is 5.02 Å². The Kier molecular flexibility index (Phi) is 2.71. The van der Waals surface area contributed by atoms with E-state index < -0.39 is 5.97 Å². The molecule has 3 nitrogen and oxygen atoms in total. The molecule has 0 aliphatic carbocycles. The lowest BCUT2D eigenvalue weighted by Gasteiger charge is -1.93. The molecule has 2 rings (SSSR count). The van der Waals surface area contributed by atoms with Gasteiger partial charge in [0.15, 0.2) is 0 Å². The van der Waals surface area contributed by atoms with E-state index in [1.165, 1.54) is 7.11 Å². The highest BCUT2D eigenvalue weighted by atomic mass is 79.9. The van der Waals surface area contributed by atoms with Gasteiger partial charge >= 0.3 is 5.97 Å². The van der Waals surface area contributed by atoms with Crippen molar-refractivity contribution in [3.63, 3.8) is 0 Å². The highest BCUT2D eigenvalue weighted by Crippen LogP contribution is 2.30. The number of benzene rings is 1. The number of carbonyl (C=O) groups is 1. The van der Waals surface area contributed by atoms with E-state index in [2.05, 4.69) is 20.7 Å². The van der Waals surface area contributed by atoms with Crippen molar-refractivity contribution in [1.29, 1.82) is 0 Å². The van der Waals surface area contributed by atoms with E-state index in [4.69, 9.17) is 16.0 Å². The van der Waals surface area contributed by atoms with Gasteiger partial charge in [-0.2, -0.15) is 0 Å². The van der Waals surface area contributed by atoms with E-state index in [0.717, 1.165) is 5.39 Å². The predicted octanol–water partition coefficient (Wildman–Crippen LogP) is 3.64. The molecule has 0 aliphatic rings. The second-order valence-electron chi connectivity index (χ2n) is 2.91. The second kappa shape index (κ2) is 3.87. The van der Waals surface area contributed by atoms with Gasteiger partial charge in [0.2, 0.25) is 5.76 Å². The first kappa shape index (κ1) is 10.5. The first-order valence-electron chi connectivity index (χ1n) is 4.08. The number of hydrogen-bond acceptors (Lipinski definition) is 3. The summed E-state index contributed by atoms with van der Waals surface area (Å²) < 4.78 is 10.6. The highest BCUT2D eigenvalue weighted by Gasteiger charge is 2.14. The summed E-state index contributed by atoms with van der Waals surface area (Å²) in [7, 11) is 1.30. The quantitative estimate of drug-likeness (QED) is 0.753. The minimum absolute atomic E-state index is 0.162. The van der Waals surface area contributed by atoms with Crippen molar-refractivity contribution in [3.8, 4) is 0 Å². The second-order valence-corrected chi connectivity index (χ2v) is 4.20. The van der Waals surface area contributed by atoms with Gasteiger partial charge in [-0.1, -0.05) is 11.6 Å². The SMILES string of the molecule is COC(=O)c1cc2cc(Cl)cc(Br)c2o1. The lowest BCUT2D eigenvalue weighted by molar-refractivity contribution is 0.0567. The minimum Gasteiger partial charge on any atom is -0.463 e. The third kappa shape index (κ3) is 1.87. The first-order chi connectivity index (χ1) is 7.11. The molecular formula is C10H6BrClO3. The molecule has 2 aromatic rings. The maximum Gasteiger partial charge on any atom is 0.373 e. The van der Waals surface area contributed by atoms with Gasteiger partial charge in [-0.05, 0) is 34.1 Å². The molecule has 15 heavy (non-hydrogen) atoms. The van der Waals surface area contributed by atoms with Crippen molar-refractivity contribution in [2.45, 2.75) is 0 Å². The summed E-state index contributed by atoms with van der Waals surface area (Å²) >= 11 is 9.16. The highest BCUT2D eigenvalue weighted by molar-refractivity contribution is 9.10. The molecule has 0 radical (unpaired) electrons. The Balaban J connectivity index is 2.65. The largest absolute Gasteiger partial charge is 0.463 e. The van der Waals surface area contributed by atoms with E-state index in [1.54, 1.807) is 18.2 Å². The topological polar surface area (TPSA) is 39.4 Å². The van der Waals surface area contributed by atoms with Gasteiger partial charge in [0.25, 0.3) is 0 Å². The summed E-state index contributed by atoms with van der Waals surface area (Å²) in [6.45, 7) is 0. The molecule has 0 fully saturated rings. The van der Waals surface area contributed by atoms with Gasteiger partial charge < -0.3 is 9.15 Å². The fraction of sp³-hybridized carbons (Fsp3) is 0.100. The lowest BCUT2D eigenvalue weighted by atomic mass is 10.2. The molecule has 0 N–H and O–H groups in total. The number of halogens is 2. The molecule has 1 aromatic carbocycles. The smallest absolute Gasteiger partial charge is 0.373 e. The zero-order valence-electron chi connectivity index (χ0n) is 7.71. The van der Waals surface area contributed by atoms with Crippen molar-refractivity contribution in [3.05, 3.63) is 33.5 Å². The fourth-order valence-corrected chi connectivity index (χ4v) is 2.19. The molecular weight excluding hydrogens is 283 g/mol. The normalized spacial score (nSPS) is 10.6. The average molecular weight is 290 g/mol. The predicted molar refractivity (Wildman–Crippen MR) is 60.3 cm³/mol. The summed E-state index contributed by atoms with van der Waals surface area (Å²) in [4.78, 5) is 11.2. The van der Waals surface area contributed by atoms with Crippen molar-refractivity contribution in [2.75, 3.05) is 7.11 Å². The molecule has 5 heteroatoms. The summed E-state index contributed by atoms with van der Waals surface area (Å²) in [5.41, 5.74) is 0.583. The van der Waals surface area contributed by atoms with Gasteiger partial charge in [0, 0.05) is 10.4 Å². The number of ether oxygens (including phenoxy) is 1. The van der Waals surface area contributed by atoms with E-state index in [1.807, 2.05) is 0 Å². The Morgan fingerprint density at radius 2 is 2.20 bits per heavy atom. The molecule has 0 saturated heterocycles. The van der Waals surface area contributed by atoms with E-state index in [9.17, 15) is 4.79 Å². The van der Waals surface area contributed by atoms with Crippen LogP contribution in [0.4, 0.5) is 0 Å². The Morgan fingerprint density at radius 3 is 2.87 bits per heavy atom. The van der Waals surface area contributed by atoms with Crippen LogP contribution in [0.15, 0.2) is 27.1 Å². The molecule has 1 heterocycles. The average Bonchev–Trinajstić information content (AvgIpc) is 2.60. The van der Waals surface area contributed by atoms with Crippen LogP contribution >= 0.6 is 27.5 Å². The molecule has 0 amide bonds. The number of hydrogen-bond donors (Lipinski definition) is 0. The van der Waals surface area contributed by atoms with Crippen LogP contribution < -0.4 is 0 Å². The number of rotatable bonds is 1. The molecule has 0 saturated carbocycles. The van der Waals surface area contributed by atoms with Crippen LogP contribution in [-0.4, -0.2) is 13.1 Å². The summed E-state index contributed by atoms with van der Waals surface area (Å²) in [5, 5.41) is 1.33. The van der Waals surface area contributed by atoms with Crippen molar-refractivity contribution < 1.29 is 13.9 Å². The first-order valence-corrected chi connectivity index (χ1v) is 5.26. The Hall–Kier alpha value is -1.00. The van der Waals surface area contributed by atoms with Gasteiger partial charge in [0.05, 0.1) is 11.6 Å². The molecule has 0 aliphatic heterocycles. The van der Waals surface area contributed by atoms with Crippen LogP contribution in [0.25, 0.3) is 11.0 Å². The number of carbonyl (C=O) groups excluding carboxylic acids is 1. The van der Waals surface area contributed by atoms with E-state index >= 15 is 0 Å². The molecule has 0 unspecified atom stereocenters. The zero-order valence-corrected chi connectivity index (χ0v) is 10.1. The van der Waals surface area contributed by atoms with Crippen LogP contribution in [0.3, 0.4) is 0 Å². The number of fused-ring (bicyclic) bond motifs is 1. The molecule has 1 aromatic heterocycles. The maximum atomic E-state index is 11.2. The van der Waals surface area contributed by atoms with Crippen LogP contribution in [0, 0.1) is 0 Å². The Bertz CT molecular complexity index is 533. The number of furan rings is 1. The van der Waals surface area contributed by atoms with Crippen LogP contribution in [-0.2, 0) is 4.74 Å². The summed E-state index contributed by atoms with van der Waals surface area (Å²) in [5.74, 6) is -0.343. The van der Waals surface area contributed by atoms with Gasteiger partial charge in [-0.25, -0.2) is 4.79 Å². The van der Waals surface area contributed by atoms with Crippen molar-refractivity contribution in [2.24, 2.45) is 0 Å². The molecule has 0 atom stereocenters. The van der Waals surface area contributed by atoms with Gasteiger partial charge in [0.1, 0.15) is 5.58 Å².